The molecule has 0 saturated heterocycles. The number of hydrogen-bond acceptors (Lipinski definition) is 4. The molecule has 0 aliphatic heterocycles. The Balaban J connectivity index is 2.43. The minimum atomic E-state index is -0.473. The van der Waals surface area contributed by atoms with E-state index in [1.807, 2.05) is 37.8 Å². The Hall–Kier alpha value is -1.56. The molecule has 0 radical (unpaired) electrons. The lowest BCUT2D eigenvalue weighted by Crippen LogP contribution is -2.45. The number of aromatic nitrogens is 2. The van der Waals surface area contributed by atoms with Crippen LogP contribution in [0.15, 0.2) is 12.4 Å². The molecule has 6 heteroatoms. The van der Waals surface area contributed by atoms with Gasteiger partial charge in [-0.25, -0.2) is 4.79 Å². The molecule has 1 aromatic heterocycles. The van der Waals surface area contributed by atoms with Crippen LogP contribution in [-0.2, 0) is 17.8 Å². The quantitative estimate of drug-likeness (QED) is 0.812. The van der Waals surface area contributed by atoms with Gasteiger partial charge in [-0.05, 0) is 33.6 Å². The van der Waals surface area contributed by atoms with Crippen molar-refractivity contribution in [1.29, 1.82) is 0 Å². The minimum Gasteiger partial charge on any atom is -0.444 e. The Bertz CT molecular complexity index is 463. The van der Waals surface area contributed by atoms with Crippen LogP contribution >= 0.6 is 0 Å². The molecular weight excluding hydrogens is 280 g/mol. The molecule has 0 aliphatic carbocycles. The molecule has 0 bridgehead atoms. The summed E-state index contributed by atoms with van der Waals surface area (Å²) in [6, 6.07) is 0.178. The van der Waals surface area contributed by atoms with E-state index in [1.165, 1.54) is 0 Å². The van der Waals surface area contributed by atoms with Crippen LogP contribution in [-0.4, -0.2) is 34.1 Å². The van der Waals surface area contributed by atoms with Crippen LogP contribution in [0.2, 0.25) is 0 Å². The lowest BCUT2D eigenvalue weighted by Gasteiger charge is -2.24. The number of carbonyl (C=O) groups is 1. The Kier molecular flexibility index (Phi) is 6.87. The largest absolute Gasteiger partial charge is 0.444 e. The topological polar surface area (TPSA) is 68.2 Å². The van der Waals surface area contributed by atoms with Crippen molar-refractivity contribution in [2.45, 2.75) is 66.3 Å². The van der Waals surface area contributed by atoms with Crippen molar-refractivity contribution >= 4 is 6.09 Å². The van der Waals surface area contributed by atoms with E-state index in [1.54, 1.807) is 0 Å². The number of aryl methyl sites for hydroxylation is 1. The number of nitrogens with one attached hydrogen (secondary N) is 2. The summed E-state index contributed by atoms with van der Waals surface area (Å²) < 4.78 is 7.16. The number of ether oxygens (including phenoxy) is 1. The van der Waals surface area contributed by atoms with E-state index in [-0.39, 0.29) is 12.1 Å². The van der Waals surface area contributed by atoms with Gasteiger partial charge in [0.25, 0.3) is 0 Å². The predicted octanol–water partition coefficient (Wildman–Crippen LogP) is 2.54. The lowest BCUT2D eigenvalue weighted by molar-refractivity contribution is 0.0519. The van der Waals surface area contributed by atoms with Crippen molar-refractivity contribution < 1.29 is 9.53 Å². The number of hydrogen-bond donors (Lipinski definition) is 2. The van der Waals surface area contributed by atoms with Gasteiger partial charge in [0.15, 0.2) is 0 Å². The number of nitrogens with zero attached hydrogens (tertiary/aromatic N) is 2. The fourth-order valence-corrected chi connectivity index (χ4v) is 1.97. The summed E-state index contributed by atoms with van der Waals surface area (Å²) in [6.07, 6.45) is 3.53. The second-order valence-corrected chi connectivity index (χ2v) is 6.82. The first-order chi connectivity index (χ1) is 10.2. The number of amides is 1. The van der Waals surface area contributed by atoms with Gasteiger partial charge in [0, 0.05) is 37.4 Å². The third kappa shape index (κ3) is 6.93. The van der Waals surface area contributed by atoms with Crippen LogP contribution in [0.25, 0.3) is 0 Å². The zero-order chi connectivity index (χ0) is 16.8. The molecule has 0 spiro atoms. The fraction of sp³-hybridized carbons (Fsp3) is 0.750. The molecule has 1 aromatic rings. The number of carbonyl (C=O) groups excluding carboxylic acids is 1. The molecule has 0 aromatic carbocycles. The van der Waals surface area contributed by atoms with Gasteiger partial charge < -0.3 is 15.4 Å². The highest BCUT2D eigenvalue weighted by Gasteiger charge is 2.18. The van der Waals surface area contributed by atoms with Gasteiger partial charge in [-0.1, -0.05) is 13.8 Å². The van der Waals surface area contributed by atoms with Gasteiger partial charge in [0.1, 0.15) is 5.60 Å². The average Bonchev–Trinajstić information content (AvgIpc) is 2.84. The van der Waals surface area contributed by atoms with Gasteiger partial charge >= 0.3 is 6.09 Å². The van der Waals surface area contributed by atoms with Crippen LogP contribution in [0.3, 0.4) is 0 Å². The highest BCUT2D eigenvalue weighted by molar-refractivity contribution is 5.67. The summed E-state index contributed by atoms with van der Waals surface area (Å²) in [6.45, 7) is 14.0. The Morgan fingerprint density at radius 2 is 2.09 bits per heavy atom. The normalized spacial score (nSPS) is 13.2. The molecule has 0 fully saturated rings. The SMILES string of the molecule is CCn1cc(CNC(CNC(=O)OC(C)(C)C)C(C)C)cn1. The molecule has 1 heterocycles. The summed E-state index contributed by atoms with van der Waals surface area (Å²) in [7, 11) is 0. The van der Waals surface area contributed by atoms with Crippen LogP contribution in [0.4, 0.5) is 4.79 Å². The second-order valence-electron chi connectivity index (χ2n) is 6.82. The Morgan fingerprint density at radius 3 is 2.59 bits per heavy atom. The number of rotatable bonds is 7. The van der Waals surface area contributed by atoms with Crippen molar-refractivity contribution in [3.8, 4) is 0 Å². The van der Waals surface area contributed by atoms with Crippen molar-refractivity contribution in [2.24, 2.45) is 5.92 Å². The minimum absolute atomic E-state index is 0.178. The smallest absolute Gasteiger partial charge is 0.407 e. The summed E-state index contributed by atoms with van der Waals surface area (Å²) in [5.41, 5.74) is 0.671. The first kappa shape index (κ1) is 18.5. The van der Waals surface area contributed by atoms with Gasteiger partial charge in [-0.3, -0.25) is 4.68 Å². The zero-order valence-electron chi connectivity index (χ0n) is 14.6. The molecule has 126 valence electrons. The molecule has 1 rings (SSSR count). The molecule has 1 unspecified atom stereocenters. The van der Waals surface area contributed by atoms with E-state index in [2.05, 4.69) is 36.5 Å². The van der Waals surface area contributed by atoms with Crippen molar-refractivity contribution in [2.75, 3.05) is 6.54 Å². The van der Waals surface area contributed by atoms with E-state index in [0.717, 1.165) is 18.7 Å². The molecule has 0 saturated carbocycles. The zero-order valence-corrected chi connectivity index (χ0v) is 14.6. The second kappa shape index (κ2) is 8.17. The average molecular weight is 310 g/mol. The highest BCUT2D eigenvalue weighted by atomic mass is 16.6. The first-order valence-electron chi connectivity index (χ1n) is 7.93. The van der Waals surface area contributed by atoms with E-state index in [0.29, 0.717) is 12.5 Å². The lowest BCUT2D eigenvalue weighted by atomic mass is 10.0. The summed E-state index contributed by atoms with van der Waals surface area (Å²) in [5.74, 6) is 0.399. The van der Waals surface area contributed by atoms with E-state index in [4.69, 9.17) is 4.74 Å². The molecule has 6 nitrogen and oxygen atoms in total. The standard InChI is InChI=1S/C16H30N4O2/c1-7-20-11-13(9-19-20)8-17-14(12(2)3)10-18-15(21)22-16(4,5)6/h9,11-12,14,17H,7-8,10H2,1-6H3,(H,18,21). The molecule has 2 N–H and O–H groups in total. The van der Waals surface area contributed by atoms with Crippen LogP contribution in [0.1, 0.15) is 47.1 Å². The summed E-state index contributed by atoms with van der Waals surface area (Å²) in [5, 5.41) is 10.6. The van der Waals surface area contributed by atoms with Gasteiger partial charge in [0.05, 0.1) is 6.20 Å². The Labute approximate surface area is 133 Å². The maximum absolute atomic E-state index is 11.7. The summed E-state index contributed by atoms with van der Waals surface area (Å²) >= 11 is 0. The van der Waals surface area contributed by atoms with E-state index in [9.17, 15) is 4.79 Å². The van der Waals surface area contributed by atoms with Crippen LogP contribution < -0.4 is 10.6 Å². The molecule has 22 heavy (non-hydrogen) atoms. The summed E-state index contributed by atoms with van der Waals surface area (Å²) in [4.78, 5) is 11.7. The third-order valence-corrected chi connectivity index (χ3v) is 3.25. The van der Waals surface area contributed by atoms with Crippen molar-refractivity contribution in [1.82, 2.24) is 20.4 Å². The van der Waals surface area contributed by atoms with Gasteiger partial charge in [-0.2, -0.15) is 5.10 Å². The van der Waals surface area contributed by atoms with Crippen molar-refractivity contribution in [3.05, 3.63) is 18.0 Å². The molecular formula is C16H30N4O2. The van der Waals surface area contributed by atoms with Gasteiger partial charge in [-0.15, -0.1) is 0 Å². The Morgan fingerprint density at radius 1 is 1.41 bits per heavy atom. The fourth-order valence-electron chi connectivity index (χ4n) is 1.97. The maximum atomic E-state index is 11.7. The highest BCUT2D eigenvalue weighted by Crippen LogP contribution is 2.07. The monoisotopic (exact) mass is 310 g/mol. The van der Waals surface area contributed by atoms with Crippen LogP contribution in [0, 0.1) is 5.92 Å². The van der Waals surface area contributed by atoms with E-state index < -0.39 is 5.60 Å². The first-order valence-corrected chi connectivity index (χ1v) is 7.93. The maximum Gasteiger partial charge on any atom is 0.407 e. The molecule has 1 atom stereocenters. The van der Waals surface area contributed by atoms with Gasteiger partial charge in [0.2, 0.25) is 0 Å². The van der Waals surface area contributed by atoms with E-state index >= 15 is 0 Å². The number of alkyl carbamates (subject to hydrolysis) is 1. The van der Waals surface area contributed by atoms with Crippen molar-refractivity contribution in [3.63, 3.8) is 0 Å². The third-order valence-electron chi connectivity index (χ3n) is 3.25. The molecule has 0 aliphatic rings. The predicted molar refractivity (Wildman–Crippen MR) is 87.6 cm³/mol. The molecule has 1 amide bonds. The van der Waals surface area contributed by atoms with Crippen LogP contribution in [0.5, 0.6) is 0 Å².